The van der Waals surface area contributed by atoms with Crippen LogP contribution in [0.25, 0.3) is 0 Å². The Morgan fingerprint density at radius 2 is 2.73 bits per heavy atom. The number of rotatable bonds is 1. The second-order valence-electron chi connectivity index (χ2n) is 2.04. The third-order valence-corrected chi connectivity index (χ3v) is 1.40. The van der Waals surface area contributed by atoms with Crippen molar-refractivity contribution in [3.63, 3.8) is 0 Å². The van der Waals surface area contributed by atoms with Crippen LogP contribution in [0.15, 0.2) is 4.99 Å². The minimum absolute atomic E-state index is 0.334. The number of nitrogens with one attached hydrogen (secondary N) is 1. The molecule has 0 amide bonds. The van der Waals surface area contributed by atoms with E-state index in [1.807, 2.05) is 18.0 Å². The summed E-state index contributed by atoms with van der Waals surface area (Å²) in [5.41, 5.74) is 0. The Bertz CT molecular complexity index is 195. The molecule has 0 radical (unpaired) electrons. The largest absolute Gasteiger partial charge is 0.339 e. The standard InChI is InChI=1S/C6H10N4O/c1-2-10-5-11-4-9-6(10)8-3-7/h2,4-5H2,1H3,(H,8,9). The van der Waals surface area contributed by atoms with Gasteiger partial charge in [0.2, 0.25) is 5.96 Å². The molecule has 0 aromatic rings. The van der Waals surface area contributed by atoms with E-state index in [1.54, 1.807) is 0 Å². The molecular weight excluding hydrogens is 144 g/mol. The molecule has 1 heterocycles. The first-order valence-electron chi connectivity index (χ1n) is 3.40. The van der Waals surface area contributed by atoms with Gasteiger partial charge in [0.25, 0.3) is 0 Å². The summed E-state index contributed by atoms with van der Waals surface area (Å²) in [7, 11) is 0. The number of aliphatic imine (C=N–C) groups is 1. The van der Waals surface area contributed by atoms with Crippen molar-refractivity contribution in [1.29, 1.82) is 5.26 Å². The number of hydrogen-bond donors (Lipinski definition) is 1. The summed E-state index contributed by atoms with van der Waals surface area (Å²) in [4.78, 5) is 5.80. The van der Waals surface area contributed by atoms with Gasteiger partial charge in [0.15, 0.2) is 6.19 Å². The molecule has 1 aliphatic heterocycles. The summed E-state index contributed by atoms with van der Waals surface area (Å²) in [6, 6.07) is 0. The Hall–Kier alpha value is -1.28. The highest BCUT2D eigenvalue weighted by Gasteiger charge is 2.11. The number of nitriles is 1. The van der Waals surface area contributed by atoms with Gasteiger partial charge in [-0.15, -0.1) is 0 Å². The van der Waals surface area contributed by atoms with Gasteiger partial charge in [-0.3, -0.25) is 5.32 Å². The number of hydrogen-bond acceptors (Lipinski definition) is 5. The van der Waals surface area contributed by atoms with Crippen LogP contribution in [0.2, 0.25) is 0 Å². The molecular formula is C6H10N4O. The lowest BCUT2D eigenvalue weighted by Crippen LogP contribution is -2.43. The normalized spacial score (nSPS) is 17.1. The Morgan fingerprint density at radius 3 is 3.36 bits per heavy atom. The quantitative estimate of drug-likeness (QED) is 0.415. The summed E-state index contributed by atoms with van der Waals surface area (Å²) >= 11 is 0. The van der Waals surface area contributed by atoms with Gasteiger partial charge in [-0.05, 0) is 6.92 Å². The average molecular weight is 154 g/mol. The van der Waals surface area contributed by atoms with Crippen LogP contribution in [0.1, 0.15) is 6.92 Å². The van der Waals surface area contributed by atoms with Gasteiger partial charge >= 0.3 is 0 Å². The zero-order valence-electron chi connectivity index (χ0n) is 6.37. The molecule has 5 nitrogen and oxygen atoms in total. The predicted octanol–water partition coefficient (Wildman–Crippen LogP) is -0.320. The Morgan fingerprint density at radius 1 is 1.91 bits per heavy atom. The first kappa shape index (κ1) is 7.82. The molecule has 0 aromatic carbocycles. The summed E-state index contributed by atoms with van der Waals surface area (Å²) in [6.45, 7) is 3.60. The fourth-order valence-corrected chi connectivity index (χ4v) is 0.829. The van der Waals surface area contributed by atoms with Crippen LogP contribution in [-0.2, 0) is 4.74 Å². The molecule has 0 aromatic heterocycles. The van der Waals surface area contributed by atoms with Crippen molar-refractivity contribution in [3.05, 3.63) is 0 Å². The summed E-state index contributed by atoms with van der Waals surface area (Å²) < 4.78 is 5.04. The van der Waals surface area contributed by atoms with Gasteiger partial charge in [-0.1, -0.05) is 0 Å². The van der Waals surface area contributed by atoms with E-state index in [-0.39, 0.29) is 0 Å². The third kappa shape index (κ3) is 1.82. The number of guanidine groups is 1. The predicted molar refractivity (Wildman–Crippen MR) is 39.4 cm³/mol. The maximum Gasteiger partial charge on any atom is 0.211 e. The Kier molecular flexibility index (Phi) is 2.69. The summed E-state index contributed by atoms with van der Waals surface area (Å²) in [5.74, 6) is 0.598. The lowest BCUT2D eigenvalue weighted by molar-refractivity contribution is 0.0541. The van der Waals surface area contributed by atoms with Crippen LogP contribution in [0, 0.1) is 11.5 Å². The zero-order chi connectivity index (χ0) is 8.10. The Labute approximate surface area is 65.3 Å². The molecule has 60 valence electrons. The van der Waals surface area contributed by atoms with Gasteiger partial charge in [-0.2, -0.15) is 5.26 Å². The maximum atomic E-state index is 8.32. The zero-order valence-corrected chi connectivity index (χ0v) is 6.37. The summed E-state index contributed by atoms with van der Waals surface area (Å²) in [5, 5.41) is 10.8. The van der Waals surface area contributed by atoms with E-state index in [4.69, 9.17) is 10.00 Å². The Balaban J connectivity index is 2.57. The van der Waals surface area contributed by atoms with Crippen molar-refractivity contribution in [2.75, 3.05) is 20.0 Å². The second-order valence-corrected chi connectivity index (χ2v) is 2.04. The van der Waals surface area contributed by atoms with E-state index in [0.717, 1.165) is 6.54 Å². The summed E-state index contributed by atoms with van der Waals surface area (Å²) in [6.07, 6.45) is 1.82. The average Bonchev–Trinajstić information content (AvgIpc) is 2.06. The number of ether oxygens (including phenoxy) is 1. The van der Waals surface area contributed by atoms with Gasteiger partial charge < -0.3 is 9.64 Å². The molecule has 1 aliphatic rings. The molecule has 1 rings (SSSR count). The van der Waals surface area contributed by atoms with Crippen molar-refractivity contribution < 1.29 is 4.74 Å². The van der Waals surface area contributed by atoms with Crippen molar-refractivity contribution in [3.8, 4) is 6.19 Å². The highest BCUT2D eigenvalue weighted by atomic mass is 16.5. The molecule has 0 aliphatic carbocycles. The molecule has 1 N–H and O–H groups in total. The highest BCUT2D eigenvalue weighted by Crippen LogP contribution is 1.96. The SMILES string of the molecule is CCN1COCN=C1NC#N. The smallest absolute Gasteiger partial charge is 0.211 e. The van der Waals surface area contributed by atoms with Crippen molar-refractivity contribution in [2.24, 2.45) is 4.99 Å². The van der Waals surface area contributed by atoms with E-state index in [9.17, 15) is 0 Å². The molecule has 0 atom stereocenters. The van der Waals surface area contributed by atoms with E-state index in [0.29, 0.717) is 19.4 Å². The van der Waals surface area contributed by atoms with Crippen LogP contribution in [0.4, 0.5) is 0 Å². The first-order chi connectivity index (χ1) is 5.38. The molecule has 5 heteroatoms. The topological polar surface area (TPSA) is 60.6 Å². The van der Waals surface area contributed by atoms with Crippen LogP contribution in [0.5, 0.6) is 0 Å². The number of nitrogens with zero attached hydrogens (tertiary/aromatic N) is 3. The lowest BCUT2D eigenvalue weighted by Gasteiger charge is -2.25. The monoisotopic (exact) mass is 154 g/mol. The van der Waals surface area contributed by atoms with Crippen LogP contribution in [0.3, 0.4) is 0 Å². The lowest BCUT2D eigenvalue weighted by atomic mass is 10.6. The van der Waals surface area contributed by atoms with E-state index in [1.165, 1.54) is 0 Å². The van der Waals surface area contributed by atoms with Crippen LogP contribution in [-0.4, -0.2) is 30.9 Å². The minimum atomic E-state index is 0.334. The molecule has 0 spiro atoms. The third-order valence-electron chi connectivity index (χ3n) is 1.40. The van der Waals surface area contributed by atoms with Crippen LogP contribution < -0.4 is 5.32 Å². The maximum absolute atomic E-state index is 8.32. The van der Waals surface area contributed by atoms with E-state index < -0.39 is 0 Å². The molecule has 0 unspecified atom stereocenters. The fourth-order valence-electron chi connectivity index (χ4n) is 0.829. The van der Waals surface area contributed by atoms with E-state index >= 15 is 0 Å². The molecule has 0 fully saturated rings. The molecule has 11 heavy (non-hydrogen) atoms. The van der Waals surface area contributed by atoms with Crippen molar-refractivity contribution >= 4 is 5.96 Å². The van der Waals surface area contributed by atoms with Gasteiger partial charge in [0, 0.05) is 6.54 Å². The van der Waals surface area contributed by atoms with Crippen molar-refractivity contribution in [1.82, 2.24) is 10.2 Å². The van der Waals surface area contributed by atoms with Crippen LogP contribution >= 0.6 is 0 Å². The molecule has 0 bridgehead atoms. The second kappa shape index (κ2) is 3.78. The van der Waals surface area contributed by atoms with Gasteiger partial charge in [0.05, 0.1) is 0 Å². The van der Waals surface area contributed by atoms with Crippen molar-refractivity contribution in [2.45, 2.75) is 6.92 Å². The molecule has 0 saturated carbocycles. The fraction of sp³-hybridized carbons (Fsp3) is 0.667. The van der Waals surface area contributed by atoms with Gasteiger partial charge in [-0.25, -0.2) is 4.99 Å². The first-order valence-corrected chi connectivity index (χ1v) is 3.40. The highest BCUT2D eigenvalue weighted by molar-refractivity contribution is 5.81. The molecule has 0 saturated heterocycles. The van der Waals surface area contributed by atoms with Gasteiger partial charge in [0.1, 0.15) is 13.5 Å². The minimum Gasteiger partial charge on any atom is -0.339 e. The van der Waals surface area contributed by atoms with E-state index in [2.05, 4.69) is 10.3 Å².